The summed E-state index contributed by atoms with van der Waals surface area (Å²) in [5.41, 5.74) is 1.42. The lowest BCUT2D eigenvalue weighted by atomic mass is 10.1. The second kappa shape index (κ2) is 8.39. The van der Waals surface area contributed by atoms with Crippen LogP contribution in [0.3, 0.4) is 0 Å². The van der Waals surface area contributed by atoms with E-state index in [1.54, 1.807) is 54.0 Å². The maximum atomic E-state index is 12.7. The van der Waals surface area contributed by atoms with Crippen LogP contribution in [0.5, 0.6) is 0 Å². The molecule has 28 heavy (non-hydrogen) atoms. The highest BCUT2D eigenvalue weighted by molar-refractivity contribution is 8.00. The largest absolute Gasteiger partial charge is 0.324 e. The van der Waals surface area contributed by atoms with Crippen LogP contribution in [0.4, 0.5) is 5.69 Å². The third-order valence-corrected chi connectivity index (χ3v) is 5.45. The number of nitrogens with zero attached hydrogens (tertiary/aromatic N) is 2. The second-order valence-corrected chi connectivity index (χ2v) is 7.62. The Labute approximate surface area is 167 Å². The molecule has 1 atom stereocenters. The molecule has 1 amide bonds. The number of hydrogen-bond donors (Lipinski definition) is 1. The monoisotopic (exact) mass is 395 g/mol. The zero-order valence-electron chi connectivity index (χ0n) is 15.9. The van der Waals surface area contributed by atoms with Crippen LogP contribution in [0.15, 0.2) is 58.5 Å². The van der Waals surface area contributed by atoms with Gasteiger partial charge in [-0.05, 0) is 45.0 Å². The lowest BCUT2D eigenvalue weighted by Crippen LogP contribution is -2.27. The van der Waals surface area contributed by atoms with Crippen molar-refractivity contribution in [3.63, 3.8) is 0 Å². The molecule has 6 nitrogen and oxygen atoms in total. The molecule has 1 heterocycles. The Kier molecular flexibility index (Phi) is 5.94. The summed E-state index contributed by atoms with van der Waals surface area (Å²) in [6, 6.07) is 14.1. The van der Waals surface area contributed by atoms with Gasteiger partial charge in [0.15, 0.2) is 10.9 Å². The number of Topliss-reactive ketones (excluding diaryl/α,β-unsaturated/α-hetero) is 1. The van der Waals surface area contributed by atoms with Gasteiger partial charge in [-0.3, -0.25) is 19.0 Å². The number of thioether (sulfide) groups is 1. The molecule has 0 aliphatic heterocycles. The Morgan fingerprint density at radius 3 is 2.54 bits per heavy atom. The van der Waals surface area contributed by atoms with Crippen molar-refractivity contribution in [2.45, 2.75) is 37.7 Å². The molecule has 7 heteroatoms. The van der Waals surface area contributed by atoms with E-state index in [4.69, 9.17) is 0 Å². The van der Waals surface area contributed by atoms with Gasteiger partial charge < -0.3 is 5.32 Å². The summed E-state index contributed by atoms with van der Waals surface area (Å²) in [5, 5.41) is 3.35. The molecule has 0 radical (unpaired) electrons. The van der Waals surface area contributed by atoms with Gasteiger partial charge >= 0.3 is 0 Å². The van der Waals surface area contributed by atoms with Crippen molar-refractivity contribution in [1.29, 1.82) is 0 Å². The number of ketones is 1. The number of carbonyl (C=O) groups excluding carboxylic acids is 2. The van der Waals surface area contributed by atoms with Crippen molar-refractivity contribution >= 4 is 40.0 Å². The molecule has 0 fully saturated rings. The average molecular weight is 395 g/mol. The fourth-order valence-electron chi connectivity index (χ4n) is 2.86. The highest BCUT2D eigenvalue weighted by Crippen LogP contribution is 2.24. The first-order chi connectivity index (χ1) is 13.4. The molecule has 0 bridgehead atoms. The van der Waals surface area contributed by atoms with Crippen molar-refractivity contribution < 1.29 is 9.59 Å². The van der Waals surface area contributed by atoms with Gasteiger partial charge in [0.05, 0.1) is 21.8 Å². The maximum absolute atomic E-state index is 12.7. The molecule has 1 N–H and O–H groups in total. The van der Waals surface area contributed by atoms with E-state index in [0.717, 1.165) is 0 Å². The number of hydrogen-bond acceptors (Lipinski definition) is 5. The van der Waals surface area contributed by atoms with Crippen LogP contribution in [0.25, 0.3) is 10.9 Å². The Morgan fingerprint density at radius 1 is 1.14 bits per heavy atom. The van der Waals surface area contributed by atoms with Crippen LogP contribution in [0.1, 0.15) is 31.1 Å². The van der Waals surface area contributed by atoms with Gasteiger partial charge in [-0.15, -0.1) is 0 Å². The van der Waals surface area contributed by atoms with E-state index in [-0.39, 0.29) is 17.2 Å². The van der Waals surface area contributed by atoms with E-state index in [2.05, 4.69) is 10.3 Å². The minimum atomic E-state index is -0.508. The molecule has 3 rings (SSSR count). The minimum Gasteiger partial charge on any atom is -0.324 e. The van der Waals surface area contributed by atoms with Gasteiger partial charge in [-0.25, -0.2) is 4.98 Å². The number of nitrogens with one attached hydrogen (secondary N) is 1. The topological polar surface area (TPSA) is 81.1 Å². The number of para-hydroxylation sites is 2. The third kappa shape index (κ3) is 3.99. The fraction of sp³-hybridized carbons (Fsp3) is 0.238. The van der Waals surface area contributed by atoms with Crippen molar-refractivity contribution in [1.82, 2.24) is 9.55 Å². The van der Waals surface area contributed by atoms with E-state index < -0.39 is 5.25 Å². The minimum absolute atomic E-state index is 0.118. The number of fused-ring (bicyclic) bond motifs is 1. The van der Waals surface area contributed by atoms with Gasteiger partial charge in [-0.1, -0.05) is 36.0 Å². The summed E-state index contributed by atoms with van der Waals surface area (Å²) in [5.74, 6) is -0.379. The average Bonchev–Trinajstić information content (AvgIpc) is 2.68. The molecular weight excluding hydrogens is 374 g/mol. The molecular formula is C21H21N3O3S. The quantitative estimate of drug-likeness (QED) is 0.391. The van der Waals surface area contributed by atoms with E-state index in [1.165, 1.54) is 18.7 Å². The van der Waals surface area contributed by atoms with Crippen LogP contribution in [-0.4, -0.2) is 26.5 Å². The summed E-state index contributed by atoms with van der Waals surface area (Å²) in [6.45, 7) is 5.54. The molecule has 0 aliphatic rings. The number of anilines is 1. The summed E-state index contributed by atoms with van der Waals surface area (Å²) in [4.78, 5) is 41.7. The first-order valence-corrected chi connectivity index (χ1v) is 9.87. The Balaban J connectivity index is 1.87. The summed E-state index contributed by atoms with van der Waals surface area (Å²) < 4.78 is 1.57. The molecule has 1 unspecified atom stereocenters. The molecule has 0 saturated heterocycles. The molecule has 1 aromatic heterocycles. The Hall–Kier alpha value is -2.93. The van der Waals surface area contributed by atoms with E-state index in [1.807, 2.05) is 13.0 Å². The summed E-state index contributed by atoms with van der Waals surface area (Å²) in [6.07, 6.45) is 0. The van der Waals surface area contributed by atoms with Crippen LogP contribution in [-0.2, 0) is 11.3 Å². The second-order valence-electron chi connectivity index (χ2n) is 6.31. The van der Waals surface area contributed by atoms with E-state index >= 15 is 0 Å². The SMILES string of the molecule is CCn1c(SC(C)C(=O)Nc2ccccc2C(C)=O)nc2ccccc2c1=O. The zero-order valence-corrected chi connectivity index (χ0v) is 16.7. The van der Waals surface area contributed by atoms with Gasteiger partial charge in [0, 0.05) is 12.1 Å². The first kappa shape index (κ1) is 19.8. The molecule has 0 saturated carbocycles. The molecule has 0 spiro atoms. The van der Waals surface area contributed by atoms with Crippen molar-refractivity contribution in [2.75, 3.05) is 5.32 Å². The van der Waals surface area contributed by atoms with Crippen molar-refractivity contribution in [3.05, 3.63) is 64.4 Å². The number of aromatic nitrogens is 2. The maximum Gasteiger partial charge on any atom is 0.262 e. The number of benzene rings is 2. The normalized spacial score (nSPS) is 12.0. The lowest BCUT2D eigenvalue weighted by Gasteiger charge is -2.16. The summed E-state index contributed by atoms with van der Waals surface area (Å²) in [7, 11) is 0. The Bertz CT molecular complexity index is 1110. The van der Waals surface area contributed by atoms with E-state index in [0.29, 0.717) is 33.9 Å². The highest BCUT2D eigenvalue weighted by atomic mass is 32.2. The standard InChI is InChI=1S/C21H21N3O3S/c1-4-24-20(27)16-10-6-8-12-18(16)23-21(24)28-14(3)19(26)22-17-11-7-5-9-15(17)13(2)25/h5-12,14H,4H2,1-3H3,(H,22,26). The fourth-order valence-corrected chi connectivity index (χ4v) is 3.83. The number of carbonyl (C=O) groups is 2. The van der Waals surface area contributed by atoms with E-state index in [9.17, 15) is 14.4 Å². The molecule has 0 aliphatic carbocycles. The number of rotatable bonds is 6. The van der Waals surface area contributed by atoms with Crippen LogP contribution >= 0.6 is 11.8 Å². The van der Waals surface area contributed by atoms with Crippen molar-refractivity contribution in [3.8, 4) is 0 Å². The van der Waals surface area contributed by atoms with Gasteiger partial charge in [0.1, 0.15) is 0 Å². The van der Waals surface area contributed by atoms with Crippen LogP contribution in [0.2, 0.25) is 0 Å². The highest BCUT2D eigenvalue weighted by Gasteiger charge is 2.20. The first-order valence-electron chi connectivity index (χ1n) is 8.99. The van der Waals surface area contributed by atoms with Gasteiger partial charge in [0.2, 0.25) is 5.91 Å². The van der Waals surface area contributed by atoms with Gasteiger partial charge in [0.25, 0.3) is 5.56 Å². The summed E-state index contributed by atoms with van der Waals surface area (Å²) >= 11 is 1.22. The molecule has 2 aromatic carbocycles. The zero-order chi connectivity index (χ0) is 20.3. The smallest absolute Gasteiger partial charge is 0.262 e. The lowest BCUT2D eigenvalue weighted by molar-refractivity contribution is -0.115. The number of amides is 1. The third-order valence-electron chi connectivity index (χ3n) is 4.36. The van der Waals surface area contributed by atoms with Crippen LogP contribution < -0.4 is 10.9 Å². The van der Waals surface area contributed by atoms with Crippen LogP contribution in [0, 0.1) is 0 Å². The van der Waals surface area contributed by atoms with Crippen molar-refractivity contribution in [2.24, 2.45) is 0 Å². The predicted octanol–water partition coefficient (Wildman–Crippen LogP) is 3.74. The predicted molar refractivity (Wildman–Crippen MR) is 112 cm³/mol. The molecule has 144 valence electrons. The van der Waals surface area contributed by atoms with Gasteiger partial charge in [-0.2, -0.15) is 0 Å². The Morgan fingerprint density at radius 2 is 1.82 bits per heavy atom. The molecule has 3 aromatic rings.